The number of phosphoric ester groups is 1. The van der Waals surface area contributed by atoms with Crippen LogP contribution in [0, 0.1) is 0 Å². The molecule has 0 unspecified atom stereocenters. The number of phosphoric acid groups is 3. The topological polar surface area (TPSA) is 342 Å². The molecule has 1 fully saturated rings. The Labute approximate surface area is 182 Å². The van der Waals surface area contributed by atoms with Gasteiger partial charge in [0.05, 0.1) is 12.9 Å². The van der Waals surface area contributed by atoms with Gasteiger partial charge in [-0.05, 0) is 0 Å². The maximum absolute atomic E-state index is 10.7. The number of nitrogens with two attached hydrogens (primary N) is 1. The average Bonchev–Trinajstić information content (AvgIpc) is 3.13. The Morgan fingerprint density at radius 1 is 0.939 bits per heavy atom. The second kappa shape index (κ2) is 11.3. The summed E-state index contributed by atoms with van der Waals surface area (Å²) in [5, 5.41) is 20.1. The van der Waals surface area contributed by atoms with Crippen LogP contribution in [-0.4, -0.2) is 93.8 Å². The van der Waals surface area contributed by atoms with E-state index in [1.807, 2.05) is 0 Å². The first-order chi connectivity index (χ1) is 14.8. The van der Waals surface area contributed by atoms with Crippen molar-refractivity contribution in [1.29, 1.82) is 0 Å². The van der Waals surface area contributed by atoms with Gasteiger partial charge < -0.3 is 59.8 Å². The lowest BCUT2D eigenvalue weighted by molar-refractivity contribution is -0.0504. The Kier molecular flexibility index (Phi) is 10.2. The summed E-state index contributed by atoms with van der Waals surface area (Å²) < 4.78 is 39.6. The van der Waals surface area contributed by atoms with E-state index in [0.29, 0.717) is 5.52 Å². The molecule has 0 aromatic carbocycles. The number of hydrogen-bond donors (Lipinski definition) is 11. The molecule has 1 saturated heterocycles. The van der Waals surface area contributed by atoms with Crippen LogP contribution in [0.15, 0.2) is 12.7 Å². The molecule has 12 N–H and O–H groups in total. The van der Waals surface area contributed by atoms with Crippen LogP contribution in [0.5, 0.6) is 0 Å². The molecule has 0 spiro atoms. The van der Waals surface area contributed by atoms with Gasteiger partial charge in [0.2, 0.25) is 0 Å². The third-order valence-electron chi connectivity index (χ3n) is 3.41. The van der Waals surface area contributed by atoms with Crippen LogP contribution in [0.2, 0.25) is 0 Å². The van der Waals surface area contributed by atoms with E-state index in [4.69, 9.17) is 58.7 Å². The molecule has 4 atom stereocenters. The van der Waals surface area contributed by atoms with E-state index in [2.05, 4.69) is 19.5 Å². The van der Waals surface area contributed by atoms with Crippen LogP contribution in [0.25, 0.3) is 11.2 Å². The van der Waals surface area contributed by atoms with Crippen LogP contribution in [-0.2, 0) is 23.0 Å². The van der Waals surface area contributed by atoms with E-state index in [-0.39, 0.29) is 11.5 Å². The van der Waals surface area contributed by atoms with Gasteiger partial charge in [-0.25, -0.2) is 28.6 Å². The van der Waals surface area contributed by atoms with Crippen LogP contribution < -0.4 is 5.73 Å². The monoisotopic (exact) mass is 543 g/mol. The van der Waals surface area contributed by atoms with Gasteiger partial charge in [0, 0.05) is 0 Å². The van der Waals surface area contributed by atoms with E-state index < -0.39 is 54.6 Å². The summed E-state index contributed by atoms with van der Waals surface area (Å²) >= 11 is 0. The number of rotatable bonds is 4. The number of aliphatic hydroxyl groups is 2. The molecule has 3 heterocycles. The first kappa shape index (κ1) is 29.6. The molecule has 0 aliphatic carbocycles. The van der Waals surface area contributed by atoms with Crippen LogP contribution in [0.3, 0.4) is 0 Å². The van der Waals surface area contributed by atoms with Gasteiger partial charge >= 0.3 is 23.5 Å². The normalized spacial score (nSPS) is 23.5. The summed E-state index contributed by atoms with van der Waals surface area (Å²) in [6.07, 6.45) is -2.49. The summed E-state index contributed by atoms with van der Waals surface area (Å²) in [6, 6.07) is 0. The quantitative estimate of drug-likeness (QED) is 0.165. The van der Waals surface area contributed by atoms with E-state index in [1.165, 1.54) is 17.2 Å². The average molecular weight is 543 g/mol. The molecule has 1 aliphatic heterocycles. The SMILES string of the molecule is Nc1ncnc2c1ncn2[C@@H]1O[C@H](COP(=O)(O)O)[C@@H](O)[C@H]1O.O=P(O)(O)O.O=P(O)(O)O. The van der Waals surface area contributed by atoms with Gasteiger partial charge in [0.1, 0.15) is 30.2 Å². The second-order valence-electron chi connectivity index (χ2n) is 5.94. The lowest BCUT2D eigenvalue weighted by atomic mass is 10.1. The van der Waals surface area contributed by atoms with E-state index in [9.17, 15) is 14.8 Å². The Balaban J connectivity index is 0.000000460. The molecule has 2 aromatic heterocycles. The minimum absolute atomic E-state index is 0.142. The zero-order valence-electron chi connectivity index (χ0n) is 15.9. The zero-order chi connectivity index (χ0) is 25.8. The highest BCUT2D eigenvalue weighted by atomic mass is 31.2. The largest absolute Gasteiger partial charge is 0.469 e. The molecule has 33 heavy (non-hydrogen) atoms. The van der Waals surface area contributed by atoms with Gasteiger partial charge in [0.25, 0.3) is 0 Å². The molecule has 0 radical (unpaired) electrons. The maximum atomic E-state index is 10.7. The van der Waals surface area contributed by atoms with Crippen LogP contribution in [0.4, 0.5) is 5.82 Å². The smallest absolute Gasteiger partial charge is 0.387 e. The highest BCUT2D eigenvalue weighted by molar-refractivity contribution is 7.46. The van der Waals surface area contributed by atoms with Gasteiger partial charge in [0.15, 0.2) is 17.7 Å². The van der Waals surface area contributed by atoms with Gasteiger partial charge in [-0.1, -0.05) is 0 Å². The summed E-state index contributed by atoms with van der Waals surface area (Å²) in [5.74, 6) is 0.142. The molecule has 1 aliphatic rings. The number of fused-ring (bicyclic) bond motifs is 1. The highest BCUT2D eigenvalue weighted by Crippen LogP contribution is 2.38. The van der Waals surface area contributed by atoms with Crippen molar-refractivity contribution >= 4 is 40.4 Å². The van der Waals surface area contributed by atoms with E-state index in [1.54, 1.807) is 0 Å². The third-order valence-corrected chi connectivity index (χ3v) is 3.89. The van der Waals surface area contributed by atoms with E-state index >= 15 is 0 Å². The summed E-state index contributed by atoms with van der Waals surface area (Å²) in [6.45, 7) is -0.594. The number of aliphatic hydroxyl groups excluding tert-OH is 2. The number of aromatic nitrogens is 4. The van der Waals surface area contributed by atoms with Crippen molar-refractivity contribution in [2.24, 2.45) is 0 Å². The summed E-state index contributed by atoms with van der Waals surface area (Å²) in [4.78, 5) is 72.3. The maximum Gasteiger partial charge on any atom is 0.469 e. The number of nitrogens with zero attached hydrogens (tertiary/aromatic N) is 4. The lowest BCUT2D eigenvalue weighted by Gasteiger charge is -2.16. The van der Waals surface area contributed by atoms with Gasteiger partial charge in [-0.15, -0.1) is 0 Å². The fraction of sp³-hybridized carbons (Fsp3) is 0.500. The van der Waals surface area contributed by atoms with E-state index in [0.717, 1.165) is 0 Å². The first-order valence-electron chi connectivity index (χ1n) is 7.99. The van der Waals surface area contributed by atoms with Crippen molar-refractivity contribution in [2.45, 2.75) is 24.5 Å². The van der Waals surface area contributed by atoms with Gasteiger partial charge in [-0.2, -0.15) is 0 Å². The Hall–Kier alpha value is -1.44. The molecular formula is C10H20N5O15P3. The molecule has 2 aromatic rings. The van der Waals surface area contributed by atoms with Crippen LogP contribution in [0.1, 0.15) is 6.23 Å². The van der Waals surface area contributed by atoms with Crippen molar-refractivity contribution in [1.82, 2.24) is 19.5 Å². The van der Waals surface area contributed by atoms with Crippen LogP contribution >= 0.6 is 23.5 Å². The predicted octanol–water partition coefficient (Wildman–Crippen LogP) is -3.72. The summed E-state index contributed by atoms with van der Waals surface area (Å²) in [7, 11) is -14.0. The molecule has 0 bridgehead atoms. The molecule has 0 saturated carbocycles. The number of anilines is 1. The third kappa shape index (κ3) is 11.0. The van der Waals surface area contributed by atoms with Gasteiger partial charge in [-0.3, -0.25) is 9.09 Å². The zero-order valence-corrected chi connectivity index (χ0v) is 18.6. The fourth-order valence-corrected chi connectivity index (χ4v) is 2.66. The lowest BCUT2D eigenvalue weighted by Crippen LogP contribution is -2.33. The molecule has 0 amide bonds. The Morgan fingerprint density at radius 3 is 1.94 bits per heavy atom. The Bertz CT molecular complexity index is 1030. The van der Waals surface area contributed by atoms with Crippen molar-refractivity contribution in [3.8, 4) is 0 Å². The first-order valence-corrected chi connectivity index (χ1v) is 12.6. The molecule has 3 rings (SSSR count). The standard InChI is InChI=1S/C10H14N5O7P.2H3O4P/c11-8-5-9(13-2-12-8)15(3-14-5)10-7(17)6(16)4(22-10)1-21-23(18,19)20;2*1-5(2,3)4/h2-4,6-7,10,16-17H,1H2,(H2,11,12,13)(H2,18,19,20);2*(H3,1,2,3,4)/t4-,6-,7-,10-;;/m1../s1. The number of ether oxygens (including phenoxy) is 1. The predicted molar refractivity (Wildman–Crippen MR) is 102 cm³/mol. The van der Waals surface area contributed by atoms with Crippen molar-refractivity contribution < 1.29 is 72.3 Å². The molecular weight excluding hydrogens is 523 g/mol. The molecule has 20 nitrogen and oxygen atoms in total. The Morgan fingerprint density at radius 2 is 1.45 bits per heavy atom. The number of imidazole rings is 1. The number of hydrogen-bond acceptors (Lipinski definition) is 11. The van der Waals surface area contributed by atoms with Crippen molar-refractivity contribution in [2.75, 3.05) is 12.3 Å². The fourth-order valence-electron chi connectivity index (χ4n) is 2.32. The number of nitrogen functional groups attached to an aromatic ring is 1. The molecule has 190 valence electrons. The van der Waals surface area contributed by atoms with Crippen molar-refractivity contribution in [3.63, 3.8) is 0 Å². The highest BCUT2D eigenvalue weighted by Gasteiger charge is 2.45. The molecule has 23 heteroatoms. The van der Waals surface area contributed by atoms with Crippen molar-refractivity contribution in [3.05, 3.63) is 12.7 Å². The minimum atomic E-state index is -4.72. The summed E-state index contributed by atoms with van der Waals surface area (Å²) in [5.41, 5.74) is 6.25. The second-order valence-corrected chi connectivity index (χ2v) is 9.23. The minimum Gasteiger partial charge on any atom is -0.387 e.